The van der Waals surface area contributed by atoms with E-state index in [1.807, 2.05) is 103 Å². The molecule has 0 aliphatic heterocycles. The van der Waals surface area contributed by atoms with E-state index in [1.165, 1.54) is 9.36 Å². The van der Waals surface area contributed by atoms with Crippen LogP contribution in [0, 0.1) is 0 Å². The van der Waals surface area contributed by atoms with Gasteiger partial charge in [-0.2, -0.15) is 36.5 Å². The Labute approximate surface area is 377 Å². The molecule has 2 aromatic heterocycles. The van der Waals surface area contributed by atoms with Crippen molar-refractivity contribution in [1.82, 2.24) is 19.6 Å². The predicted octanol–water partition coefficient (Wildman–Crippen LogP) is 11.5. The SMILES string of the molecule is NC(N)=Nc1ccc(-n2nc(C(F)(F)F)cc2-c2ccc3c(ccc4ccccc43)c2)cc1.NCC(=O)Nc1ccc(-n2nc(C(F)(F)F)cc2-c2ccc3c(ccc4ccccc43)c2)cc1. The summed E-state index contributed by atoms with van der Waals surface area (Å²) in [4.78, 5) is 15.4. The fraction of sp³-hybridized carbons (Fsp3) is 0.0588. The van der Waals surface area contributed by atoms with E-state index in [0.717, 1.165) is 55.2 Å². The largest absolute Gasteiger partial charge is 0.435 e. The topological polar surface area (TPSA) is 155 Å². The van der Waals surface area contributed by atoms with Gasteiger partial charge >= 0.3 is 12.4 Å². The first-order valence-electron chi connectivity index (χ1n) is 20.6. The monoisotopic (exact) mass is 905 g/mol. The first kappa shape index (κ1) is 43.7. The highest BCUT2D eigenvalue weighted by molar-refractivity contribution is 6.09. The third-order valence-corrected chi connectivity index (χ3v) is 11.0. The molecule has 0 spiro atoms. The maximum atomic E-state index is 13.6. The van der Waals surface area contributed by atoms with Crippen LogP contribution < -0.4 is 22.5 Å². The number of anilines is 1. The summed E-state index contributed by atoms with van der Waals surface area (Å²) in [6.07, 6.45) is -9.17. The van der Waals surface area contributed by atoms with Crippen molar-refractivity contribution in [3.63, 3.8) is 0 Å². The van der Waals surface area contributed by atoms with Crippen molar-refractivity contribution in [3.05, 3.63) is 181 Å². The van der Waals surface area contributed by atoms with Gasteiger partial charge in [0.1, 0.15) is 0 Å². The number of alkyl halides is 6. The molecule has 0 saturated carbocycles. The van der Waals surface area contributed by atoms with Gasteiger partial charge in [-0.05, 0) is 116 Å². The summed E-state index contributed by atoms with van der Waals surface area (Å²) in [5.74, 6) is -0.471. The Kier molecular flexibility index (Phi) is 11.4. The lowest BCUT2D eigenvalue weighted by atomic mass is 9.99. The van der Waals surface area contributed by atoms with E-state index >= 15 is 0 Å². The standard InChI is InChI=1S/C26H19F3N4O.C25H18F3N5/c27-26(28,29)24-14-23(33(32-24)20-10-8-19(9-11-20)31-25(34)15-30)18-7-12-22-17(13-18)6-5-16-3-1-2-4-21(16)22;26-25(27,28)23-14-22(33(32-23)19-10-8-18(9-11-19)31-24(29)30)17-7-12-21-16(13-17)6-5-15-3-1-2-4-20(15)21/h1-14H,15,30H2,(H,31,34);1-14H,(H4,29,30,31). The van der Waals surface area contributed by atoms with Crippen molar-refractivity contribution >= 4 is 66.3 Å². The van der Waals surface area contributed by atoms with Crippen LogP contribution in [0.25, 0.3) is 77.0 Å². The lowest BCUT2D eigenvalue weighted by Gasteiger charge is -2.11. The Morgan fingerprint density at radius 1 is 0.522 bits per heavy atom. The van der Waals surface area contributed by atoms with E-state index in [9.17, 15) is 31.1 Å². The van der Waals surface area contributed by atoms with Gasteiger partial charge in [-0.15, -0.1) is 0 Å². The van der Waals surface area contributed by atoms with Gasteiger partial charge in [0.05, 0.1) is 35.0 Å². The highest BCUT2D eigenvalue weighted by Gasteiger charge is 2.36. The number of rotatable bonds is 7. The average Bonchev–Trinajstić information content (AvgIpc) is 3.99. The van der Waals surface area contributed by atoms with Gasteiger partial charge in [-0.25, -0.2) is 14.4 Å². The number of hydrogen-bond acceptors (Lipinski definition) is 5. The molecule has 7 N–H and O–H groups in total. The van der Waals surface area contributed by atoms with Gasteiger partial charge in [0.15, 0.2) is 17.3 Å². The molecule has 0 aliphatic carbocycles. The number of nitrogens with one attached hydrogen (secondary N) is 1. The van der Waals surface area contributed by atoms with Crippen LogP contribution in [-0.4, -0.2) is 38.0 Å². The second kappa shape index (κ2) is 17.5. The first-order valence-corrected chi connectivity index (χ1v) is 20.6. The number of aliphatic imine (C=N–C) groups is 1. The molecule has 10 rings (SSSR count). The summed E-state index contributed by atoms with van der Waals surface area (Å²) < 4.78 is 83.8. The maximum absolute atomic E-state index is 13.6. The summed E-state index contributed by atoms with van der Waals surface area (Å²) >= 11 is 0. The highest BCUT2D eigenvalue weighted by Crippen LogP contribution is 2.38. The van der Waals surface area contributed by atoms with E-state index < -0.39 is 23.7 Å². The Morgan fingerprint density at radius 3 is 1.37 bits per heavy atom. The zero-order chi connectivity index (χ0) is 47.0. The molecular weight excluding hydrogens is 869 g/mol. The van der Waals surface area contributed by atoms with Gasteiger partial charge in [-0.3, -0.25) is 4.79 Å². The van der Waals surface area contributed by atoms with Crippen LogP contribution in [0.5, 0.6) is 0 Å². The van der Waals surface area contributed by atoms with E-state index in [1.54, 1.807) is 54.6 Å². The van der Waals surface area contributed by atoms with E-state index in [0.29, 0.717) is 45.3 Å². The smallest absolute Gasteiger partial charge is 0.370 e. The molecular formula is C51H37F6N9O. The minimum atomic E-state index is -4.60. The van der Waals surface area contributed by atoms with Crippen molar-refractivity contribution in [2.75, 3.05) is 11.9 Å². The number of fused-ring (bicyclic) bond motifs is 6. The molecule has 16 heteroatoms. The number of carbonyl (C=O) groups excluding carboxylic acids is 1. The number of benzene rings is 8. The summed E-state index contributed by atoms with van der Waals surface area (Å²) in [6, 6.07) is 50.0. The van der Waals surface area contributed by atoms with Crippen molar-refractivity contribution < 1.29 is 31.1 Å². The summed E-state index contributed by atoms with van der Waals surface area (Å²) in [5.41, 5.74) is 17.8. The zero-order valence-corrected chi connectivity index (χ0v) is 35.0. The number of amides is 1. The quantitative estimate of drug-likeness (QED) is 0.0540. The summed E-state index contributed by atoms with van der Waals surface area (Å²) in [7, 11) is 0. The normalized spacial score (nSPS) is 11.7. The Morgan fingerprint density at radius 2 is 0.940 bits per heavy atom. The molecule has 1 amide bonds. The zero-order valence-electron chi connectivity index (χ0n) is 35.0. The summed E-state index contributed by atoms with van der Waals surface area (Å²) in [5, 5.41) is 18.5. The lowest BCUT2D eigenvalue weighted by Crippen LogP contribution is -2.21. The van der Waals surface area contributed by atoms with Gasteiger partial charge in [0, 0.05) is 16.8 Å². The van der Waals surface area contributed by atoms with E-state index in [4.69, 9.17) is 17.2 Å². The average molecular weight is 906 g/mol. The minimum Gasteiger partial charge on any atom is -0.370 e. The molecule has 0 bridgehead atoms. The molecule has 0 radical (unpaired) electrons. The van der Waals surface area contributed by atoms with Gasteiger partial charge in [0.2, 0.25) is 5.91 Å². The number of aromatic nitrogens is 4. The van der Waals surface area contributed by atoms with Gasteiger partial charge in [0.25, 0.3) is 0 Å². The number of hydrogen-bond donors (Lipinski definition) is 4. The molecule has 0 saturated heterocycles. The second-order valence-corrected chi connectivity index (χ2v) is 15.4. The van der Waals surface area contributed by atoms with E-state index in [2.05, 4.69) is 20.5 Å². The minimum absolute atomic E-state index is 0.106. The van der Waals surface area contributed by atoms with E-state index in [-0.39, 0.29) is 18.4 Å². The molecule has 334 valence electrons. The lowest BCUT2D eigenvalue weighted by molar-refractivity contribution is -0.142. The van der Waals surface area contributed by atoms with Crippen molar-refractivity contribution in [3.8, 4) is 33.9 Å². The molecule has 0 fully saturated rings. The van der Waals surface area contributed by atoms with Crippen molar-refractivity contribution in [1.29, 1.82) is 0 Å². The number of nitrogens with zero attached hydrogens (tertiary/aromatic N) is 5. The second-order valence-electron chi connectivity index (χ2n) is 15.4. The molecule has 10 nitrogen and oxygen atoms in total. The van der Waals surface area contributed by atoms with Crippen LogP contribution in [0.3, 0.4) is 0 Å². The number of nitrogens with two attached hydrogens (primary N) is 3. The fourth-order valence-corrected chi connectivity index (χ4v) is 7.90. The van der Waals surface area contributed by atoms with Crippen LogP contribution >= 0.6 is 0 Å². The van der Waals surface area contributed by atoms with Crippen LogP contribution in [0.1, 0.15) is 11.4 Å². The molecule has 0 unspecified atom stereocenters. The molecule has 10 aromatic rings. The molecule has 67 heavy (non-hydrogen) atoms. The molecule has 2 heterocycles. The number of halogens is 6. The van der Waals surface area contributed by atoms with Crippen LogP contribution in [0.15, 0.2) is 175 Å². The van der Waals surface area contributed by atoms with Crippen molar-refractivity contribution in [2.45, 2.75) is 12.4 Å². The Hall–Kier alpha value is -8.50. The van der Waals surface area contributed by atoms with Crippen LogP contribution in [0.2, 0.25) is 0 Å². The first-order chi connectivity index (χ1) is 32.1. The Balaban J connectivity index is 0.000000168. The third kappa shape index (κ3) is 9.10. The van der Waals surface area contributed by atoms with Crippen LogP contribution in [-0.2, 0) is 17.1 Å². The van der Waals surface area contributed by atoms with Gasteiger partial charge < -0.3 is 22.5 Å². The number of guanidine groups is 1. The molecule has 8 aromatic carbocycles. The molecule has 0 atom stereocenters. The number of carbonyl (C=O) groups is 1. The maximum Gasteiger partial charge on any atom is 0.435 e. The van der Waals surface area contributed by atoms with Crippen LogP contribution in [0.4, 0.5) is 37.7 Å². The molecule has 0 aliphatic rings. The highest BCUT2D eigenvalue weighted by atomic mass is 19.4. The third-order valence-electron chi connectivity index (χ3n) is 11.0. The van der Waals surface area contributed by atoms with Gasteiger partial charge in [-0.1, -0.05) is 97.1 Å². The fourth-order valence-electron chi connectivity index (χ4n) is 7.90. The predicted molar refractivity (Wildman–Crippen MR) is 251 cm³/mol. The Bertz CT molecular complexity index is 3500. The summed E-state index contributed by atoms with van der Waals surface area (Å²) in [6.45, 7) is -0.169. The van der Waals surface area contributed by atoms with Crippen molar-refractivity contribution in [2.24, 2.45) is 22.2 Å².